The summed E-state index contributed by atoms with van der Waals surface area (Å²) in [5, 5.41) is 9.18. The van der Waals surface area contributed by atoms with Gasteiger partial charge in [0.05, 0.1) is 18.7 Å². The molecule has 0 bridgehead atoms. The zero-order valence-electron chi connectivity index (χ0n) is 10.2. The number of rotatable bonds is 2. The van der Waals surface area contributed by atoms with Crippen LogP contribution in [0.4, 0.5) is 0 Å². The molecule has 0 atom stereocenters. The third kappa shape index (κ3) is 2.48. The number of hydrogen-bond acceptors (Lipinski definition) is 3. The highest BCUT2D eigenvalue weighted by Crippen LogP contribution is 2.27. The minimum atomic E-state index is 0.695. The lowest BCUT2D eigenvalue weighted by Gasteiger charge is -2.22. The lowest BCUT2D eigenvalue weighted by molar-refractivity contribution is 0.370. The summed E-state index contributed by atoms with van der Waals surface area (Å²) >= 11 is 0. The molecule has 1 aliphatic heterocycles. The van der Waals surface area contributed by atoms with Gasteiger partial charge in [0.2, 0.25) is 0 Å². The Kier molecular flexibility index (Phi) is 3.46. The summed E-state index contributed by atoms with van der Waals surface area (Å²) in [6.07, 6.45) is 3.20. The Hall–Kier alpha value is -1.79. The maximum absolute atomic E-state index is 9.18. The number of hydrogen-bond donors (Lipinski definition) is 0. The second kappa shape index (κ2) is 5.03. The highest BCUT2D eigenvalue weighted by Gasteiger charge is 2.13. The zero-order chi connectivity index (χ0) is 12.3. The van der Waals surface area contributed by atoms with Crippen LogP contribution in [-0.4, -0.2) is 32.1 Å². The summed E-state index contributed by atoms with van der Waals surface area (Å²) in [5.41, 5.74) is 3.00. The summed E-state index contributed by atoms with van der Waals surface area (Å²) in [4.78, 5) is 2.26. The molecule has 3 nitrogen and oxygen atoms in total. The smallest absolute Gasteiger partial charge is 0.120 e. The van der Waals surface area contributed by atoms with E-state index in [-0.39, 0.29) is 0 Å². The van der Waals surface area contributed by atoms with Gasteiger partial charge in [0.15, 0.2) is 0 Å². The first-order chi connectivity index (χ1) is 8.24. The van der Waals surface area contributed by atoms with Gasteiger partial charge in [0, 0.05) is 13.1 Å². The van der Waals surface area contributed by atoms with Crippen molar-refractivity contribution >= 4 is 5.57 Å². The van der Waals surface area contributed by atoms with Gasteiger partial charge in [-0.2, -0.15) is 5.26 Å². The summed E-state index contributed by atoms with van der Waals surface area (Å²) in [7, 11) is 3.72. The van der Waals surface area contributed by atoms with Crippen molar-refractivity contribution in [2.75, 3.05) is 27.2 Å². The van der Waals surface area contributed by atoms with Gasteiger partial charge in [-0.15, -0.1) is 0 Å². The number of nitriles is 1. The fourth-order valence-electron chi connectivity index (χ4n) is 2.04. The molecule has 0 saturated heterocycles. The van der Waals surface area contributed by atoms with E-state index in [1.807, 2.05) is 12.1 Å². The fraction of sp³-hybridized carbons (Fsp3) is 0.357. The Morgan fingerprint density at radius 1 is 1.41 bits per heavy atom. The van der Waals surface area contributed by atoms with Crippen LogP contribution in [0, 0.1) is 11.3 Å². The van der Waals surface area contributed by atoms with Gasteiger partial charge in [0.1, 0.15) is 5.75 Å². The van der Waals surface area contributed by atoms with Crippen LogP contribution in [0.5, 0.6) is 5.75 Å². The molecule has 1 heterocycles. The Bertz CT molecular complexity index is 485. The summed E-state index contributed by atoms with van der Waals surface area (Å²) < 4.78 is 5.14. The summed E-state index contributed by atoms with van der Waals surface area (Å²) in [6.45, 7) is 2.00. The first-order valence-electron chi connectivity index (χ1n) is 5.70. The molecule has 0 unspecified atom stereocenters. The maximum atomic E-state index is 9.18. The van der Waals surface area contributed by atoms with Crippen LogP contribution >= 0.6 is 0 Å². The monoisotopic (exact) mass is 228 g/mol. The van der Waals surface area contributed by atoms with Crippen molar-refractivity contribution in [1.29, 1.82) is 5.26 Å². The van der Waals surface area contributed by atoms with Crippen molar-refractivity contribution in [3.63, 3.8) is 0 Å². The van der Waals surface area contributed by atoms with E-state index in [1.54, 1.807) is 13.2 Å². The van der Waals surface area contributed by atoms with Crippen molar-refractivity contribution in [1.82, 2.24) is 4.90 Å². The minimum absolute atomic E-state index is 0.695. The van der Waals surface area contributed by atoms with Gasteiger partial charge in [-0.05, 0) is 42.8 Å². The molecule has 0 N–H and O–H groups in total. The summed E-state index contributed by atoms with van der Waals surface area (Å²) in [5.74, 6) is 0.735. The average molecular weight is 228 g/mol. The van der Waals surface area contributed by atoms with Crippen molar-refractivity contribution in [3.8, 4) is 11.8 Å². The van der Waals surface area contributed by atoms with Gasteiger partial charge in [-0.3, -0.25) is 0 Å². The van der Waals surface area contributed by atoms with E-state index >= 15 is 0 Å². The van der Waals surface area contributed by atoms with Crippen LogP contribution in [0.2, 0.25) is 0 Å². The standard InChI is InChI=1S/C14H16N2O/c1-16-7-5-11(6-8-16)14-4-3-13(17-2)9-12(14)10-15/h3-5,9H,6-8H2,1-2H3. The van der Waals surface area contributed by atoms with E-state index in [2.05, 4.69) is 24.1 Å². The lowest BCUT2D eigenvalue weighted by Crippen LogP contribution is -2.23. The van der Waals surface area contributed by atoms with Crippen molar-refractivity contribution in [2.24, 2.45) is 0 Å². The average Bonchev–Trinajstić information content (AvgIpc) is 2.39. The number of methoxy groups -OCH3 is 1. The molecule has 2 rings (SSSR count). The Balaban J connectivity index is 2.36. The highest BCUT2D eigenvalue weighted by molar-refractivity contribution is 5.72. The molecule has 1 aromatic carbocycles. The predicted molar refractivity (Wildman–Crippen MR) is 67.8 cm³/mol. The summed E-state index contributed by atoms with van der Waals surface area (Å²) in [6, 6.07) is 7.94. The lowest BCUT2D eigenvalue weighted by atomic mass is 9.95. The molecule has 0 amide bonds. The van der Waals surface area contributed by atoms with Gasteiger partial charge >= 0.3 is 0 Å². The molecule has 0 aromatic heterocycles. The van der Waals surface area contributed by atoms with Crippen molar-refractivity contribution in [2.45, 2.75) is 6.42 Å². The second-order valence-corrected chi connectivity index (χ2v) is 4.26. The van der Waals surface area contributed by atoms with E-state index in [0.717, 1.165) is 30.8 Å². The van der Waals surface area contributed by atoms with E-state index in [0.29, 0.717) is 5.56 Å². The molecule has 0 aliphatic carbocycles. The zero-order valence-corrected chi connectivity index (χ0v) is 10.2. The molecule has 88 valence electrons. The number of nitrogens with zero attached hydrogens (tertiary/aromatic N) is 2. The van der Waals surface area contributed by atoms with Crippen LogP contribution in [0.25, 0.3) is 5.57 Å². The van der Waals surface area contributed by atoms with E-state index < -0.39 is 0 Å². The number of ether oxygens (including phenoxy) is 1. The number of likely N-dealkylation sites (N-methyl/N-ethyl adjacent to an activating group) is 1. The molecule has 0 saturated carbocycles. The third-order valence-corrected chi connectivity index (χ3v) is 3.11. The molecule has 1 aromatic rings. The van der Waals surface area contributed by atoms with E-state index in [1.165, 1.54) is 5.57 Å². The van der Waals surface area contributed by atoms with Crippen molar-refractivity contribution < 1.29 is 4.74 Å². The second-order valence-electron chi connectivity index (χ2n) is 4.26. The van der Waals surface area contributed by atoms with Crippen LogP contribution < -0.4 is 4.74 Å². The maximum Gasteiger partial charge on any atom is 0.120 e. The van der Waals surface area contributed by atoms with Crippen LogP contribution in [0.1, 0.15) is 17.5 Å². The van der Waals surface area contributed by atoms with Crippen LogP contribution in [-0.2, 0) is 0 Å². The van der Waals surface area contributed by atoms with E-state index in [9.17, 15) is 5.26 Å². The molecule has 3 heteroatoms. The predicted octanol–water partition coefficient (Wildman–Crippen LogP) is 2.29. The van der Waals surface area contributed by atoms with Crippen molar-refractivity contribution in [3.05, 3.63) is 35.4 Å². The van der Waals surface area contributed by atoms with Gasteiger partial charge in [-0.1, -0.05) is 6.08 Å². The van der Waals surface area contributed by atoms with Crippen LogP contribution in [0.15, 0.2) is 24.3 Å². The molecule has 0 radical (unpaired) electrons. The third-order valence-electron chi connectivity index (χ3n) is 3.11. The van der Waals surface area contributed by atoms with E-state index in [4.69, 9.17) is 4.74 Å². The highest BCUT2D eigenvalue weighted by atomic mass is 16.5. The molecule has 1 aliphatic rings. The molecule has 0 fully saturated rings. The Morgan fingerprint density at radius 3 is 2.82 bits per heavy atom. The topological polar surface area (TPSA) is 36.3 Å². The Morgan fingerprint density at radius 2 is 2.24 bits per heavy atom. The minimum Gasteiger partial charge on any atom is -0.497 e. The Labute approximate surface area is 102 Å². The number of benzene rings is 1. The van der Waals surface area contributed by atoms with Gasteiger partial charge < -0.3 is 9.64 Å². The normalized spacial score (nSPS) is 16.2. The molecular formula is C14H16N2O. The van der Waals surface area contributed by atoms with Gasteiger partial charge in [0.25, 0.3) is 0 Å². The molecule has 0 spiro atoms. The molecular weight excluding hydrogens is 212 g/mol. The van der Waals surface area contributed by atoms with Gasteiger partial charge in [-0.25, -0.2) is 0 Å². The van der Waals surface area contributed by atoms with Crippen LogP contribution in [0.3, 0.4) is 0 Å². The quantitative estimate of drug-likeness (QED) is 0.779. The first kappa shape index (κ1) is 11.7. The first-order valence-corrected chi connectivity index (χ1v) is 5.70. The fourth-order valence-corrected chi connectivity index (χ4v) is 2.04. The largest absolute Gasteiger partial charge is 0.497 e. The SMILES string of the molecule is COc1ccc(C2=CCN(C)CC2)c(C#N)c1. The molecule has 17 heavy (non-hydrogen) atoms.